The van der Waals surface area contributed by atoms with Crippen molar-refractivity contribution in [2.24, 2.45) is 0 Å². The number of pyridine rings is 2. The zero-order valence-electron chi connectivity index (χ0n) is 21.3. The number of benzene rings is 2. The lowest BCUT2D eigenvalue weighted by Gasteiger charge is -2.24. The van der Waals surface area contributed by atoms with Crippen LogP contribution in [0, 0.1) is 6.92 Å². The summed E-state index contributed by atoms with van der Waals surface area (Å²) >= 11 is 0. The molecule has 39 heavy (non-hydrogen) atoms. The van der Waals surface area contributed by atoms with Gasteiger partial charge in [-0.25, -0.2) is 4.79 Å². The van der Waals surface area contributed by atoms with Gasteiger partial charge >= 0.3 is 6.09 Å². The molecule has 9 heteroatoms. The van der Waals surface area contributed by atoms with E-state index < -0.39 is 18.2 Å². The van der Waals surface area contributed by atoms with Crippen LogP contribution in [0.4, 0.5) is 10.5 Å². The molecule has 196 valence electrons. The minimum Gasteiger partial charge on any atom is -0.438 e. The Morgan fingerprint density at radius 1 is 0.923 bits per heavy atom. The molecule has 2 atom stereocenters. The lowest BCUT2D eigenvalue weighted by atomic mass is 9.99. The van der Waals surface area contributed by atoms with Crippen molar-refractivity contribution in [2.75, 3.05) is 5.32 Å². The van der Waals surface area contributed by atoms with E-state index in [9.17, 15) is 14.4 Å². The summed E-state index contributed by atoms with van der Waals surface area (Å²) in [5, 5.41) is 5.76. The fourth-order valence-corrected chi connectivity index (χ4v) is 4.39. The Hall–Kier alpha value is -5.05. The van der Waals surface area contributed by atoms with Crippen molar-refractivity contribution < 1.29 is 19.1 Å². The lowest BCUT2D eigenvalue weighted by Crippen LogP contribution is -2.46. The smallest absolute Gasteiger partial charge is 0.411 e. The Bertz CT molecular complexity index is 1460. The largest absolute Gasteiger partial charge is 0.438 e. The van der Waals surface area contributed by atoms with Gasteiger partial charge < -0.3 is 15.4 Å². The lowest BCUT2D eigenvalue weighted by molar-refractivity contribution is -0.126. The second kappa shape index (κ2) is 11.6. The first-order chi connectivity index (χ1) is 19.0. The number of amides is 3. The van der Waals surface area contributed by atoms with Crippen LogP contribution in [0.2, 0.25) is 0 Å². The molecule has 1 saturated heterocycles. The summed E-state index contributed by atoms with van der Waals surface area (Å²) in [7, 11) is 0. The summed E-state index contributed by atoms with van der Waals surface area (Å²) in [5.74, 6) is -0.679. The van der Waals surface area contributed by atoms with E-state index in [4.69, 9.17) is 4.74 Å². The molecule has 5 rings (SSSR count). The zero-order valence-corrected chi connectivity index (χ0v) is 21.3. The Balaban J connectivity index is 1.40. The molecule has 3 amide bonds. The van der Waals surface area contributed by atoms with Crippen LogP contribution in [0.25, 0.3) is 0 Å². The molecule has 4 aromatic rings. The fourth-order valence-electron chi connectivity index (χ4n) is 4.39. The first kappa shape index (κ1) is 25.6. The molecule has 0 saturated carbocycles. The quantitative estimate of drug-likeness (QED) is 0.355. The van der Waals surface area contributed by atoms with Gasteiger partial charge in [0.2, 0.25) is 5.91 Å². The summed E-state index contributed by atoms with van der Waals surface area (Å²) in [6, 6.07) is 20.8. The highest BCUT2D eigenvalue weighted by Gasteiger charge is 2.47. The molecule has 2 aromatic heterocycles. The predicted molar refractivity (Wildman–Crippen MR) is 144 cm³/mol. The van der Waals surface area contributed by atoms with E-state index in [1.807, 2.05) is 37.3 Å². The number of cyclic esters (lactones) is 1. The normalized spacial score (nSPS) is 16.4. The molecule has 0 spiro atoms. The molecule has 2 N–H and O–H groups in total. The van der Waals surface area contributed by atoms with Crippen LogP contribution in [0.3, 0.4) is 0 Å². The van der Waals surface area contributed by atoms with Crippen molar-refractivity contribution in [1.29, 1.82) is 0 Å². The van der Waals surface area contributed by atoms with Crippen LogP contribution in [-0.2, 0) is 22.6 Å². The van der Waals surface area contributed by atoms with Gasteiger partial charge in [0.05, 0.1) is 12.1 Å². The Morgan fingerprint density at radius 3 is 2.41 bits per heavy atom. The number of rotatable bonds is 8. The third-order valence-corrected chi connectivity index (χ3v) is 6.41. The molecule has 0 bridgehead atoms. The molecular weight excluding hydrogens is 494 g/mol. The van der Waals surface area contributed by atoms with Gasteiger partial charge in [-0.05, 0) is 53.9 Å². The minimum atomic E-state index is -0.931. The van der Waals surface area contributed by atoms with Crippen LogP contribution in [0.1, 0.15) is 38.7 Å². The summed E-state index contributed by atoms with van der Waals surface area (Å²) in [6.07, 6.45) is 4.93. The number of carbonyl (C=O) groups excluding carboxylic acids is 3. The third-order valence-electron chi connectivity index (χ3n) is 6.41. The Labute approximate surface area is 225 Å². The summed E-state index contributed by atoms with van der Waals surface area (Å²) in [4.78, 5) is 48.8. The van der Waals surface area contributed by atoms with E-state index in [2.05, 4.69) is 20.6 Å². The summed E-state index contributed by atoms with van der Waals surface area (Å²) < 4.78 is 5.78. The van der Waals surface area contributed by atoms with E-state index in [-0.39, 0.29) is 24.9 Å². The van der Waals surface area contributed by atoms with Gasteiger partial charge in [0.1, 0.15) is 0 Å². The molecule has 3 heterocycles. The van der Waals surface area contributed by atoms with Crippen molar-refractivity contribution in [3.63, 3.8) is 0 Å². The van der Waals surface area contributed by atoms with Crippen LogP contribution in [0.5, 0.6) is 0 Å². The minimum absolute atomic E-state index is 0.206. The standard InChI is InChI=1S/C30H27N5O4/c1-20-9-11-21(12-10-20)19-35-26(29(37)33-17-22-5-3-13-31-16-22)27(39-30(35)38)23-6-2-8-25(15-23)34-28(36)24-7-4-14-32-18-24/h2-16,18,26-27H,17,19H2,1H3,(H,33,37)(H,34,36). The first-order valence-corrected chi connectivity index (χ1v) is 12.5. The van der Waals surface area contributed by atoms with Crippen molar-refractivity contribution in [1.82, 2.24) is 20.2 Å². The first-order valence-electron chi connectivity index (χ1n) is 12.5. The SMILES string of the molecule is Cc1ccc(CN2C(=O)OC(c3cccc(NC(=O)c4cccnc4)c3)C2C(=O)NCc2cccnc2)cc1. The molecule has 1 fully saturated rings. The van der Waals surface area contributed by atoms with E-state index in [1.165, 1.54) is 11.1 Å². The number of nitrogens with one attached hydrogen (secondary N) is 2. The number of aromatic nitrogens is 2. The predicted octanol–water partition coefficient (Wildman–Crippen LogP) is 4.42. The highest BCUT2D eigenvalue weighted by Crippen LogP contribution is 2.35. The maximum Gasteiger partial charge on any atom is 0.411 e. The van der Waals surface area contributed by atoms with Crippen LogP contribution < -0.4 is 10.6 Å². The molecule has 0 radical (unpaired) electrons. The van der Waals surface area contributed by atoms with Gasteiger partial charge in [0.15, 0.2) is 12.1 Å². The molecule has 2 aromatic carbocycles. The summed E-state index contributed by atoms with van der Waals surface area (Å²) in [5.41, 5.74) is 4.30. The number of nitrogens with zero attached hydrogens (tertiary/aromatic N) is 3. The fraction of sp³-hybridized carbons (Fsp3) is 0.167. The van der Waals surface area contributed by atoms with Crippen LogP contribution >= 0.6 is 0 Å². The highest BCUT2D eigenvalue weighted by atomic mass is 16.6. The van der Waals surface area contributed by atoms with E-state index in [0.29, 0.717) is 16.8 Å². The van der Waals surface area contributed by atoms with Gasteiger partial charge in [-0.2, -0.15) is 0 Å². The number of anilines is 1. The number of ether oxygens (including phenoxy) is 1. The van der Waals surface area contributed by atoms with Crippen LogP contribution in [0.15, 0.2) is 97.6 Å². The second-order valence-corrected chi connectivity index (χ2v) is 9.26. The van der Waals surface area contributed by atoms with Crippen molar-refractivity contribution in [3.8, 4) is 0 Å². The average molecular weight is 522 g/mol. The molecule has 2 unspecified atom stereocenters. The average Bonchev–Trinajstić information content (AvgIpc) is 3.29. The van der Waals surface area contributed by atoms with Crippen LogP contribution in [-0.4, -0.2) is 38.8 Å². The Kier molecular flexibility index (Phi) is 7.58. The highest BCUT2D eigenvalue weighted by molar-refractivity contribution is 6.04. The number of hydrogen-bond donors (Lipinski definition) is 2. The number of hydrogen-bond acceptors (Lipinski definition) is 6. The van der Waals surface area contributed by atoms with Crippen molar-refractivity contribution >= 4 is 23.6 Å². The van der Waals surface area contributed by atoms with Gasteiger partial charge in [-0.3, -0.25) is 24.5 Å². The second-order valence-electron chi connectivity index (χ2n) is 9.26. The molecular formula is C30H27N5O4. The summed E-state index contributed by atoms with van der Waals surface area (Å²) in [6.45, 7) is 2.44. The number of aryl methyl sites for hydroxylation is 1. The third kappa shape index (κ3) is 6.10. The monoisotopic (exact) mass is 521 g/mol. The van der Waals surface area contributed by atoms with Gasteiger partial charge in [0.25, 0.3) is 5.91 Å². The molecule has 1 aliphatic heterocycles. The topological polar surface area (TPSA) is 114 Å². The van der Waals surface area contributed by atoms with Gasteiger partial charge in [-0.1, -0.05) is 48.0 Å². The number of carbonyl (C=O) groups is 3. The van der Waals surface area contributed by atoms with Gasteiger partial charge in [0, 0.05) is 37.0 Å². The zero-order chi connectivity index (χ0) is 27.2. The Morgan fingerprint density at radius 2 is 1.69 bits per heavy atom. The van der Waals surface area contributed by atoms with Crippen molar-refractivity contribution in [2.45, 2.75) is 32.2 Å². The molecule has 9 nitrogen and oxygen atoms in total. The van der Waals surface area contributed by atoms with Crippen molar-refractivity contribution in [3.05, 3.63) is 125 Å². The maximum absolute atomic E-state index is 13.6. The molecule has 0 aliphatic carbocycles. The van der Waals surface area contributed by atoms with E-state index in [0.717, 1.165) is 16.7 Å². The van der Waals surface area contributed by atoms with E-state index >= 15 is 0 Å². The maximum atomic E-state index is 13.6. The van der Waals surface area contributed by atoms with Gasteiger partial charge in [-0.15, -0.1) is 0 Å². The molecule has 1 aliphatic rings. The van der Waals surface area contributed by atoms with E-state index in [1.54, 1.807) is 61.1 Å².